The first-order valence-electron chi connectivity index (χ1n) is 10.3. The molecule has 0 fully saturated rings. The van der Waals surface area contributed by atoms with Crippen LogP contribution in [0, 0.1) is 0 Å². The number of alkyl halides is 3. The smallest absolute Gasteiger partial charge is 0.421 e. The number of fused-ring (bicyclic) bond motifs is 1. The summed E-state index contributed by atoms with van der Waals surface area (Å²) in [5.74, 6) is 0.367. The molecule has 3 heterocycles. The van der Waals surface area contributed by atoms with Gasteiger partial charge in [-0.2, -0.15) is 23.3 Å². The summed E-state index contributed by atoms with van der Waals surface area (Å²) in [6.07, 6.45) is 1.14. The van der Waals surface area contributed by atoms with Crippen LogP contribution in [0.4, 0.5) is 30.6 Å². The predicted molar refractivity (Wildman–Crippen MR) is 114 cm³/mol. The molecule has 170 valence electrons. The largest absolute Gasteiger partial charge is 0.495 e. The topological polar surface area (TPSA) is 88.9 Å². The summed E-state index contributed by atoms with van der Waals surface area (Å²) in [4.78, 5) is 8.00. The average Bonchev–Trinajstić information content (AvgIpc) is 3.29. The first-order valence-corrected chi connectivity index (χ1v) is 10.3. The minimum atomic E-state index is -4.57. The Morgan fingerprint density at radius 2 is 2.12 bits per heavy atom. The Morgan fingerprint density at radius 3 is 2.88 bits per heavy atom. The van der Waals surface area contributed by atoms with Crippen molar-refractivity contribution >= 4 is 17.5 Å². The maximum atomic E-state index is 13.5. The standard InChI is InChI=1S/C21H24F3N7O/c1-32-18-11-14-4-7-25-12-15(14)10-17(18)29-20-27-13-16(21(22,23)24)19(30-20)26-5-2-8-31-9-3-6-28-31/h3,6,9-11,13,25H,2,4-5,7-8,12H2,1H3,(H2,26,27,29,30). The highest BCUT2D eigenvalue weighted by Gasteiger charge is 2.35. The van der Waals surface area contributed by atoms with Crippen molar-refractivity contribution in [1.29, 1.82) is 0 Å². The molecule has 0 amide bonds. The molecule has 4 rings (SSSR count). The molecule has 0 spiro atoms. The maximum Gasteiger partial charge on any atom is 0.421 e. The van der Waals surface area contributed by atoms with Gasteiger partial charge in [-0.05, 0) is 48.7 Å². The van der Waals surface area contributed by atoms with Gasteiger partial charge in [-0.25, -0.2) is 4.98 Å². The van der Waals surface area contributed by atoms with Crippen molar-refractivity contribution in [3.63, 3.8) is 0 Å². The van der Waals surface area contributed by atoms with Crippen molar-refractivity contribution in [3.05, 3.63) is 53.5 Å². The van der Waals surface area contributed by atoms with E-state index in [0.29, 0.717) is 37.5 Å². The molecular weight excluding hydrogens is 423 g/mol. The fourth-order valence-corrected chi connectivity index (χ4v) is 3.56. The van der Waals surface area contributed by atoms with Gasteiger partial charge in [0.15, 0.2) is 0 Å². The summed E-state index contributed by atoms with van der Waals surface area (Å²) in [5.41, 5.74) is 1.96. The molecule has 3 aromatic rings. The van der Waals surface area contributed by atoms with Crippen LogP contribution in [0.25, 0.3) is 0 Å². The summed E-state index contributed by atoms with van der Waals surface area (Å²) in [6, 6.07) is 5.65. The highest BCUT2D eigenvalue weighted by Crippen LogP contribution is 2.35. The molecule has 0 radical (unpaired) electrons. The van der Waals surface area contributed by atoms with Gasteiger partial charge in [0.1, 0.15) is 17.1 Å². The number of hydrogen-bond acceptors (Lipinski definition) is 7. The quantitative estimate of drug-likeness (QED) is 0.455. The number of halogens is 3. The van der Waals surface area contributed by atoms with Gasteiger partial charge >= 0.3 is 6.18 Å². The number of nitrogens with one attached hydrogen (secondary N) is 3. The van der Waals surface area contributed by atoms with Crippen LogP contribution < -0.4 is 20.7 Å². The number of aromatic nitrogens is 4. The molecule has 2 aromatic heterocycles. The highest BCUT2D eigenvalue weighted by molar-refractivity contribution is 5.66. The normalized spacial score (nSPS) is 13.5. The molecule has 0 unspecified atom stereocenters. The Bertz CT molecular complexity index is 1050. The first-order chi connectivity index (χ1) is 15.4. The molecule has 32 heavy (non-hydrogen) atoms. The number of nitrogens with zero attached hydrogens (tertiary/aromatic N) is 4. The number of aryl methyl sites for hydroxylation is 1. The molecule has 0 atom stereocenters. The van der Waals surface area contributed by atoms with E-state index in [0.717, 1.165) is 24.7 Å². The SMILES string of the molecule is COc1cc2c(cc1Nc1ncc(C(F)(F)F)c(NCCCn3cccn3)n1)CNCC2. The van der Waals surface area contributed by atoms with E-state index >= 15 is 0 Å². The van der Waals surface area contributed by atoms with Crippen molar-refractivity contribution < 1.29 is 17.9 Å². The molecule has 11 heteroatoms. The van der Waals surface area contributed by atoms with E-state index < -0.39 is 11.7 Å². The van der Waals surface area contributed by atoms with Crippen LogP contribution in [-0.4, -0.2) is 39.9 Å². The molecule has 1 aliphatic heterocycles. The van der Waals surface area contributed by atoms with Gasteiger partial charge < -0.3 is 20.7 Å². The summed E-state index contributed by atoms with van der Waals surface area (Å²) >= 11 is 0. The van der Waals surface area contributed by atoms with E-state index in [1.54, 1.807) is 30.3 Å². The number of hydrogen-bond donors (Lipinski definition) is 3. The van der Waals surface area contributed by atoms with Crippen molar-refractivity contribution in [2.45, 2.75) is 32.1 Å². The number of benzene rings is 1. The van der Waals surface area contributed by atoms with E-state index in [9.17, 15) is 13.2 Å². The zero-order valence-electron chi connectivity index (χ0n) is 17.5. The van der Waals surface area contributed by atoms with E-state index in [4.69, 9.17) is 4.74 Å². The predicted octanol–water partition coefficient (Wildman–Crippen LogP) is 3.59. The Morgan fingerprint density at radius 1 is 1.25 bits per heavy atom. The maximum absolute atomic E-state index is 13.5. The molecule has 0 bridgehead atoms. The monoisotopic (exact) mass is 447 g/mol. The fraction of sp³-hybridized carbons (Fsp3) is 0.381. The van der Waals surface area contributed by atoms with E-state index in [1.807, 2.05) is 12.1 Å². The number of anilines is 3. The Hall–Kier alpha value is -3.34. The minimum Gasteiger partial charge on any atom is -0.495 e. The van der Waals surface area contributed by atoms with E-state index in [1.165, 1.54) is 5.56 Å². The molecule has 1 aromatic carbocycles. The fourth-order valence-electron chi connectivity index (χ4n) is 3.56. The van der Waals surface area contributed by atoms with Crippen LogP contribution >= 0.6 is 0 Å². The highest BCUT2D eigenvalue weighted by atomic mass is 19.4. The molecule has 0 saturated heterocycles. The molecule has 0 saturated carbocycles. The van der Waals surface area contributed by atoms with E-state index in [-0.39, 0.29) is 11.8 Å². The van der Waals surface area contributed by atoms with Crippen LogP contribution in [0.15, 0.2) is 36.8 Å². The first kappa shape index (κ1) is 21.9. The van der Waals surface area contributed by atoms with Gasteiger partial charge in [-0.3, -0.25) is 4.68 Å². The summed E-state index contributed by atoms with van der Waals surface area (Å²) in [5, 5.41) is 13.2. The zero-order valence-corrected chi connectivity index (χ0v) is 17.5. The zero-order chi connectivity index (χ0) is 22.6. The van der Waals surface area contributed by atoms with Crippen molar-refractivity contribution in [1.82, 2.24) is 25.1 Å². The lowest BCUT2D eigenvalue weighted by atomic mass is 10.00. The Kier molecular flexibility index (Phi) is 6.45. The van der Waals surface area contributed by atoms with Crippen LogP contribution in [0.5, 0.6) is 5.75 Å². The third kappa shape index (κ3) is 5.10. The molecule has 8 nitrogen and oxygen atoms in total. The van der Waals surface area contributed by atoms with Gasteiger partial charge in [0, 0.05) is 38.2 Å². The van der Waals surface area contributed by atoms with Crippen LogP contribution in [-0.2, 0) is 25.7 Å². The van der Waals surface area contributed by atoms with Crippen LogP contribution in [0.1, 0.15) is 23.1 Å². The van der Waals surface area contributed by atoms with Crippen LogP contribution in [0.3, 0.4) is 0 Å². The molecular formula is C21H24F3N7O. The van der Waals surface area contributed by atoms with Gasteiger partial charge in [0.2, 0.25) is 5.95 Å². The van der Waals surface area contributed by atoms with Gasteiger partial charge in [0.05, 0.1) is 12.8 Å². The van der Waals surface area contributed by atoms with Crippen LogP contribution in [0.2, 0.25) is 0 Å². The van der Waals surface area contributed by atoms with Gasteiger partial charge in [-0.15, -0.1) is 0 Å². The second-order valence-electron chi connectivity index (χ2n) is 7.38. The molecule has 1 aliphatic rings. The van der Waals surface area contributed by atoms with Gasteiger partial charge in [-0.1, -0.05) is 0 Å². The summed E-state index contributed by atoms with van der Waals surface area (Å²) < 4.78 is 47.6. The summed E-state index contributed by atoms with van der Waals surface area (Å²) in [7, 11) is 1.55. The van der Waals surface area contributed by atoms with Gasteiger partial charge in [0.25, 0.3) is 0 Å². The second kappa shape index (κ2) is 9.43. The summed E-state index contributed by atoms with van der Waals surface area (Å²) in [6.45, 7) is 2.48. The minimum absolute atomic E-state index is 0.0506. The third-order valence-electron chi connectivity index (χ3n) is 5.16. The van der Waals surface area contributed by atoms with E-state index in [2.05, 4.69) is 31.0 Å². The number of ether oxygens (including phenoxy) is 1. The lowest BCUT2D eigenvalue weighted by Crippen LogP contribution is -2.23. The lowest BCUT2D eigenvalue weighted by Gasteiger charge is -2.21. The number of methoxy groups -OCH3 is 1. The Labute approximate surface area is 183 Å². The van der Waals surface area contributed by atoms with Crippen molar-refractivity contribution in [2.24, 2.45) is 0 Å². The lowest BCUT2D eigenvalue weighted by molar-refractivity contribution is -0.137. The molecule has 0 aliphatic carbocycles. The molecule has 3 N–H and O–H groups in total. The average molecular weight is 447 g/mol. The second-order valence-corrected chi connectivity index (χ2v) is 7.38. The van der Waals surface area contributed by atoms with Crippen molar-refractivity contribution in [3.8, 4) is 5.75 Å². The van der Waals surface area contributed by atoms with Crippen molar-refractivity contribution in [2.75, 3.05) is 30.8 Å². The third-order valence-corrected chi connectivity index (χ3v) is 5.16. The number of rotatable bonds is 8. The Balaban J connectivity index is 1.53.